The first-order valence-electron chi connectivity index (χ1n) is 6.46. The van der Waals surface area contributed by atoms with Crippen LogP contribution < -0.4 is 0 Å². The molecule has 5 heteroatoms. The number of hydrogen-bond acceptors (Lipinski definition) is 4. The molecular formula is C13H19NO4. The zero-order valence-corrected chi connectivity index (χ0v) is 10.7. The molecule has 0 bridgehead atoms. The zero-order chi connectivity index (χ0) is 13.0. The molecule has 2 aliphatic rings. The van der Waals surface area contributed by atoms with Crippen molar-refractivity contribution in [2.45, 2.75) is 38.2 Å². The predicted octanol–water partition coefficient (Wildman–Crippen LogP) is 1.87. The van der Waals surface area contributed by atoms with Gasteiger partial charge in [0.15, 0.2) is 0 Å². The van der Waals surface area contributed by atoms with Crippen molar-refractivity contribution in [3.05, 3.63) is 12.2 Å². The van der Waals surface area contributed by atoms with Crippen LogP contribution in [0.25, 0.3) is 0 Å². The Balaban J connectivity index is 1.71. The first kappa shape index (κ1) is 13.1. The number of imide groups is 1. The predicted molar refractivity (Wildman–Crippen MR) is 65.0 cm³/mol. The molecular weight excluding hydrogens is 234 g/mol. The van der Waals surface area contributed by atoms with E-state index >= 15 is 0 Å². The van der Waals surface area contributed by atoms with Crippen LogP contribution in [0.2, 0.25) is 0 Å². The van der Waals surface area contributed by atoms with Gasteiger partial charge in [-0.05, 0) is 25.3 Å². The van der Waals surface area contributed by atoms with Gasteiger partial charge in [0, 0.05) is 0 Å². The summed E-state index contributed by atoms with van der Waals surface area (Å²) in [6.07, 6.45) is 6.65. The molecule has 18 heavy (non-hydrogen) atoms. The van der Waals surface area contributed by atoms with Gasteiger partial charge in [-0.2, -0.15) is 0 Å². The van der Waals surface area contributed by atoms with Crippen LogP contribution in [-0.2, 0) is 14.3 Å². The summed E-state index contributed by atoms with van der Waals surface area (Å²) >= 11 is 0. The zero-order valence-electron chi connectivity index (χ0n) is 10.7. The van der Waals surface area contributed by atoms with Crippen LogP contribution in [0.3, 0.4) is 0 Å². The summed E-state index contributed by atoms with van der Waals surface area (Å²) in [6.45, 7) is 3.62. The maximum absolute atomic E-state index is 11.6. The lowest BCUT2D eigenvalue weighted by Gasteiger charge is -2.08. The topological polar surface area (TPSA) is 59.1 Å². The van der Waals surface area contributed by atoms with Gasteiger partial charge in [0.1, 0.15) is 6.61 Å². The van der Waals surface area contributed by atoms with Gasteiger partial charge in [-0.3, -0.25) is 4.79 Å². The molecule has 0 radical (unpaired) electrons. The minimum absolute atomic E-state index is 0.0642. The number of ether oxygens (including phenoxy) is 2. The fraction of sp³-hybridized carbons (Fsp3) is 0.692. The number of carbonyl (C=O) groups excluding carboxylic acids is 2. The highest BCUT2D eigenvalue weighted by Gasteiger charge is 2.42. The van der Waals surface area contributed by atoms with Gasteiger partial charge in [0.05, 0.1) is 18.8 Å². The maximum Gasteiger partial charge on any atom is 0.416 e. The number of cyclic esters (lactones) is 1. The summed E-state index contributed by atoms with van der Waals surface area (Å²) in [5.41, 5.74) is 0.0642. The third kappa shape index (κ3) is 3.10. The van der Waals surface area contributed by atoms with Gasteiger partial charge in [-0.1, -0.05) is 19.4 Å². The molecule has 2 fully saturated rings. The lowest BCUT2D eigenvalue weighted by atomic mass is 9.99. The Morgan fingerprint density at radius 3 is 2.83 bits per heavy atom. The van der Waals surface area contributed by atoms with Crippen molar-refractivity contribution in [3.63, 3.8) is 0 Å². The fourth-order valence-corrected chi connectivity index (χ4v) is 2.19. The summed E-state index contributed by atoms with van der Waals surface area (Å²) in [4.78, 5) is 23.9. The molecule has 0 aromatic heterocycles. The van der Waals surface area contributed by atoms with Crippen LogP contribution >= 0.6 is 0 Å². The summed E-state index contributed by atoms with van der Waals surface area (Å²) in [7, 11) is 0. The smallest absolute Gasteiger partial charge is 0.416 e. The quantitative estimate of drug-likeness (QED) is 0.535. The van der Waals surface area contributed by atoms with E-state index in [0.29, 0.717) is 13.2 Å². The third-order valence-corrected chi connectivity index (χ3v) is 3.31. The Hall–Kier alpha value is -1.36. The fourth-order valence-electron chi connectivity index (χ4n) is 2.19. The van der Waals surface area contributed by atoms with Crippen molar-refractivity contribution in [1.82, 2.24) is 4.90 Å². The summed E-state index contributed by atoms with van der Waals surface area (Å²) in [6, 6.07) is 0. The molecule has 2 amide bonds. The van der Waals surface area contributed by atoms with E-state index in [-0.39, 0.29) is 11.5 Å². The Morgan fingerprint density at radius 1 is 1.50 bits per heavy atom. The van der Waals surface area contributed by atoms with Crippen molar-refractivity contribution in [2.75, 3.05) is 19.8 Å². The number of amides is 2. The van der Waals surface area contributed by atoms with E-state index in [4.69, 9.17) is 9.47 Å². The highest BCUT2D eigenvalue weighted by Crippen LogP contribution is 2.36. The van der Waals surface area contributed by atoms with Gasteiger partial charge in [-0.25, -0.2) is 9.69 Å². The van der Waals surface area contributed by atoms with Crippen molar-refractivity contribution in [2.24, 2.45) is 0 Å². The minimum Gasteiger partial charge on any atom is -0.447 e. The maximum atomic E-state index is 11.6. The second kappa shape index (κ2) is 5.52. The second-order valence-electron chi connectivity index (χ2n) is 4.77. The number of rotatable bonds is 6. The number of hydrogen-bond donors (Lipinski definition) is 0. The molecule has 0 spiro atoms. The van der Waals surface area contributed by atoms with Crippen LogP contribution in [-0.4, -0.2) is 42.3 Å². The Bertz CT molecular complexity index is 360. The van der Waals surface area contributed by atoms with E-state index in [1.54, 1.807) is 0 Å². The second-order valence-corrected chi connectivity index (χ2v) is 4.77. The third-order valence-electron chi connectivity index (χ3n) is 3.31. The van der Waals surface area contributed by atoms with E-state index in [0.717, 1.165) is 37.2 Å². The molecule has 2 saturated heterocycles. The normalized spacial score (nSPS) is 26.7. The van der Waals surface area contributed by atoms with Gasteiger partial charge < -0.3 is 9.47 Å². The molecule has 1 unspecified atom stereocenters. The van der Waals surface area contributed by atoms with Crippen LogP contribution in [0.4, 0.5) is 4.79 Å². The molecule has 0 N–H and O–H groups in total. The Morgan fingerprint density at radius 2 is 2.28 bits per heavy atom. The van der Waals surface area contributed by atoms with Gasteiger partial charge >= 0.3 is 6.09 Å². The molecule has 2 rings (SSSR count). The first-order valence-corrected chi connectivity index (χ1v) is 6.46. The van der Waals surface area contributed by atoms with Crippen LogP contribution in [0, 0.1) is 0 Å². The summed E-state index contributed by atoms with van der Waals surface area (Å²) < 4.78 is 10.2. The standard InChI is InChI=1S/C13H19NO4/c1-2-6-13(10-18-13)7-4-3-5-11(15)14-8-9-17-12(14)16/h3,5H,2,4,6-10H2,1H3/b5-3+. The lowest BCUT2D eigenvalue weighted by molar-refractivity contribution is -0.122. The average Bonchev–Trinajstić information content (AvgIpc) is 2.97. The molecule has 0 aromatic carbocycles. The monoisotopic (exact) mass is 253 g/mol. The number of nitrogens with zero attached hydrogens (tertiary/aromatic N) is 1. The van der Waals surface area contributed by atoms with Crippen molar-refractivity contribution >= 4 is 12.0 Å². The molecule has 5 nitrogen and oxygen atoms in total. The van der Waals surface area contributed by atoms with E-state index in [9.17, 15) is 9.59 Å². The largest absolute Gasteiger partial charge is 0.447 e. The first-order chi connectivity index (χ1) is 8.67. The molecule has 2 heterocycles. The van der Waals surface area contributed by atoms with Crippen molar-refractivity contribution < 1.29 is 19.1 Å². The SMILES string of the molecule is CCCC1(CC/C=C/C(=O)N2CCOC2=O)CO1. The molecule has 0 aromatic rings. The van der Waals surface area contributed by atoms with E-state index in [2.05, 4.69) is 6.92 Å². The van der Waals surface area contributed by atoms with E-state index < -0.39 is 6.09 Å². The van der Waals surface area contributed by atoms with Gasteiger partial charge in [-0.15, -0.1) is 0 Å². The average molecular weight is 253 g/mol. The molecule has 100 valence electrons. The number of carbonyl (C=O) groups is 2. The van der Waals surface area contributed by atoms with Crippen molar-refractivity contribution in [3.8, 4) is 0 Å². The molecule has 1 atom stereocenters. The number of epoxide rings is 1. The molecule has 0 saturated carbocycles. The Labute approximate surface area is 107 Å². The number of allylic oxidation sites excluding steroid dienone is 1. The Kier molecular flexibility index (Phi) is 4.01. The summed E-state index contributed by atoms with van der Waals surface area (Å²) in [5.74, 6) is -0.293. The van der Waals surface area contributed by atoms with Crippen molar-refractivity contribution in [1.29, 1.82) is 0 Å². The van der Waals surface area contributed by atoms with Gasteiger partial charge in [0.25, 0.3) is 5.91 Å². The van der Waals surface area contributed by atoms with E-state index in [1.165, 1.54) is 6.08 Å². The summed E-state index contributed by atoms with van der Waals surface area (Å²) in [5, 5.41) is 0. The molecule has 0 aliphatic carbocycles. The van der Waals surface area contributed by atoms with Crippen LogP contribution in [0.15, 0.2) is 12.2 Å². The van der Waals surface area contributed by atoms with E-state index in [1.807, 2.05) is 6.08 Å². The molecule has 2 aliphatic heterocycles. The minimum atomic E-state index is -0.544. The highest BCUT2D eigenvalue weighted by molar-refractivity contribution is 5.99. The lowest BCUT2D eigenvalue weighted by Crippen LogP contribution is -2.29. The van der Waals surface area contributed by atoms with Gasteiger partial charge in [0.2, 0.25) is 0 Å². The van der Waals surface area contributed by atoms with Crippen LogP contribution in [0.1, 0.15) is 32.6 Å². The highest BCUT2D eigenvalue weighted by atomic mass is 16.6. The van der Waals surface area contributed by atoms with Crippen LogP contribution in [0.5, 0.6) is 0 Å².